The summed E-state index contributed by atoms with van der Waals surface area (Å²) in [5.41, 5.74) is 1.02. The van der Waals surface area contributed by atoms with Gasteiger partial charge in [0.15, 0.2) is 0 Å². The maximum absolute atomic E-state index is 12.5. The summed E-state index contributed by atoms with van der Waals surface area (Å²) in [4.78, 5) is 0.266. The molecule has 0 heterocycles. The number of hydrogen-bond acceptors (Lipinski definition) is 3. The number of benzene rings is 1. The van der Waals surface area contributed by atoms with Crippen molar-refractivity contribution in [2.45, 2.75) is 38.1 Å². The molecule has 1 N–H and O–H groups in total. The summed E-state index contributed by atoms with van der Waals surface area (Å²) in [5.74, 6) is 0.107. The second kappa shape index (κ2) is 6.50. The van der Waals surface area contributed by atoms with Crippen molar-refractivity contribution in [2.75, 3.05) is 13.7 Å². The number of aliphatic hydroxyl groups excluding tert-OH is 1. The van der Waals surface area contributed by atoms with Crippen LogP contribution in [0.1, 0.15) is 25.8 Å². The fourth-order valence-corrected chi connectivity index (χ4v) is 3.42. The van der Waals surface area contributed by atoms with Crippen molar-refractivity contribution in [3.63, 3.8) is 0 Å². The van der Waals surface area contributed by atoms with Gasteiger partial charge in [0.05, 0.1) is 17.5 Å². The Bertz CT molecular complexity index is 496. The van der Waals surface area contributed by atoms with Gasteiger partial charge in [0, 0.05) is 7.05 Å². The van der Waals surface area contributed by atoms with E-state index < -0.39 is 16.1 Å². The van der Waals surface area contributed by atoms with Crippen LogP contribution >= 0.6 is 0 Å². The Morgan fingerprint density at radius 3 is 2.21 bits per heavy atom. The molecule has 1 aromatic rings. The van der Waals surface area contributed by atoms with Crippen molar-refractivity contribution in [3.8, 4) is 0 Å². The first kappa shape index (κ1) is 16.1. The minimum atomic E-state index is -3.55. The van der Waals surface area contributed by atoms with E-state index in [1.54, 1.807) is 24.3 Å². The average Bonchev–Trinajstić information content (AvgIpc) is 2.39. The van der Waals surface area contributed by atoms with E-state index in [4.69, 9.17) is 0 Å². The van der Waals surface area contributed by atoms with Crippen molar-refractivity contribution in [1.82, 2.24) is 4.31 Å². The first-order chi connectivity index (χ1) is 8.84. The monoisotopic (exact) mass is 285 g/mol. The molecule has 0 amide bonds. The van der Waals surface area contributed by atoms with Crippen molar-refractivity contribution < 1.29 is 13.5 Å². The molecule has 1 aromatic carbocycles. The highest BCUT2D eigenvalue weighted by atomic mass is 32.2. The van der Waals surface area contributed by atoms with Gasteiger partial charge in [-0.2, -0.15) is 4.31 Å². The predicted octanol–water partition coefficient (Wildman–Crippen LogP) is 2.02. The van der Waals surface area contributed by atoms with Crippen molar-refractivity contribution >= 4 is 10.0 Å². The molecule has 0 aliphatic carbocycles. The van der Waals surface area contributed by atoms with Crippen LogP contribution in [0.15, 0.2) is 29.2 Å². The normalized spacial score (nSPS) is 15.5. The molecule has 0 aliphatic heterocycles. The van der Waals surface area contributed by atoms with E-state index in [0.29, 0.717) is 0 Å². The largest absolute Gasteiger partial charge is 0.395 e. The van der Waals surface area contributed by atoms with Crippen LogP contribution in [0, 0.1) is 12.8 Å². The lowest BCUT2D eigenvalue weighted by Gasteiger charge is -2.30. The lowest BCUT2D eigenvalue weighted by molar-refractivity contribution is 0.158. The van der Waals surface area contributed by atoms with Crippen molar-refractivity contribution in [1.29, 1.82) is 0 Å². The van der Waals surface area contributed by atoms with Crippen LogP contribution in [0.3, 0.4) is 0 Å². The predicted molar refractivity (Wildman–Crippen MR) is 76.5 cm³/mol. The molecular weight excluding hydrogens is 262 g/mol. The number of aryl methyl sites for hydroxylation is 1. The summed E-state index contributed by atoms with van der Waals surface area (Å²) in [5, 5.41) is 9.45. The molecule has 0 radical (unpaired) electrons. The minimum Gasteiger partial charge on any atom is -0.395 e. The third kappa shape index (κ3) is 3.55. The van der Waals surface area contributed by atoms with Gasteiger partial charge in [0.2, 0.25) is 10.0 Å². The smallest absolute Gasteiger partial charge is 0.243 e. The van der Waals surface area contributed by atoms with E-state index in [2.05, 4.69) is 0 Å². The first-order valence-corrected chi connectivity index (χ1v) is 7.94. The average molecular weight is 285 g/mol. The van der Waals surface area contributed by atoms with E-state index in [0.717, 1.165) is 12.0 Å². The van der Waals surface area contributed by atoms with Gasteiger partial charge in [-0.1, -0.05) is 38.0 Å². The van der Waals surface area contributed by atoms with Gasteiger partial charge >= 0.3 is 0 Å². The van der Waals surface area contributed by atoms with Crippen LogP contribution in [0.25, 0.3) is 0 Å². The van der Waals surface area contributed by atoms with Gasteiger partial charge in [-0.15, -0.1) is 0 Å². The molecule has 1 unspecified atom stereocenters. The highest BCUT2D eigenvalue weighted by Crippen LogP contribution is 2.21. The molecule has 108 valence electrons. The third-order valence-corrected chi connectivity index (χ3v) is 5.55. The summed E-state index contributed by atoms with van der Waals surface area (Å²) in [6, 6.07) is 6.37. The van der Waals surface area contributed by atoms with Gasteiger partial charge in [-0.3, -0.25) is 0 Å². The van der Waals surface area contributed by atoms with Crippen LogP contribution in [0.2, 0.25) is 0 Å². The van der Waals surface area contributed by atoms with E-state index in [9.17, 15) is 13.5 Å². The second-order valence-corrected chi connectivity index (χ2v) is 6.97. The zero-order valence-electron chi connectivity index (χ0n) is 12.0. The number of rotatable bonds is 6. The molecule has 0 aromatic heterocycles. The van der Waals surface area contributed by atoms with Crippen LogP contribution < -0.4 is 0 Å². The molecular formula is C14H23NO3S. The molecule has 19 heavy (non-hydrogen) atoms. The second-order valence-electron chi connectivity index (χ2n) is 4.97. The molecule has 0 saturated carbocycles. The molecule has 0 fully saturated rings. The number of aliphatic hydroxyl groups is 1. The number of sulfonamides is 1. The number of nitrogens with zero attached hydrogens (tertiary/aromatic N) is 1. The van der Waals surface area contributed by atoms with Gasteiger partial charge in [-0.25, -0.2) is 8.42 Å². The maximum atomic E-state index is 12.5. The summed E-state index contributed by atoms with van der Waals surface area (Å²) in [6.07, 6.45) is 0.818. The Balaban J connectivity index is 3.08. The quantitative estimate of drug-likeness (QED) is 0.870. The molecule has 0 aliphatic rings. The molecule has 0 saturated heterocycles. The summed E-state index contributed by atoms with van der Waals surface area (Å²) >= 11 is 0. The molecule has 2 atom stereocenters. The van der Waals surface area contributed by atoms with E-state index >= 15 is 0 Å². The van der Waals surface area contributed by atoms with Crippen LogP contribution in [-0.4, -0.2) is 37.5 Å². The summed E-state index contributed by atoms with van der Waals surface area (Å²) < 4.78 is 26.2. The first-order valence-electron chi connectivity index (χ1n) is 6.50. The van der Waals surface area contributed by atoms with Crippen molar-refractivity contribution in [2.24, 2.45) is 5.92 Å². The van der Waals surface area contributed by atoms with Gasteiger partial charge in [0.25, 0.3) is 0 Å². The lowest BCUT2D eigenvalue weighted by Crippen LogP contribution is -2.43. The van der Waals surface area contributed by atoms with Gasteiger partial charge in [-0.05, 0) is 25.0 Å². The summed E-state index contributed by atoms with van der Waals surface area (Å²) in [7, 11) is -2.02. The Morgan fingerprint density at radius 2 is 1.79 bits per heavy atom. The van der Waals surface area contributed by atoms with Gasteiger partial charge < -0.3 is 5.11 Å². The fraction of sp³-hybridized carbons (Fsp3) is 0.571. The minimum absolute atomic E-state index is 0.107. The molecule has 5 heteroatoms. The van der Waals surface area contributed by atoms with Crippen molar-refractivity contribution in [3.05, 3.63) is 29.8 Å². The topological polar surface area (TPSA) is 57.6 Å². The zero-order valence-corrected chi connectivity index (χ0v) is 12.8. The SMILES string of the molecule is CCC(C)[C@@H](CO)N(C)S(=O)(=O)c1ccc(C)cc1. The molecule has 4 nitrogen and oxygen atoms in total. The fourth-order valence-electron chi connectivity index (χ4n) is 1.98. The summed E-state index contributed by atoms with van der Waals surface area (Å²) in [6.45, 7) is 5.67. The highest BCUT2D eigenvalue weighted by molar-refractivity contribution is 7.89. The Morgan fingerprint density at radius 1 is 1.26 bits per heavy atom. The standard InChI is InChI=1S/C14H23NO3S/c1-5-12(3)14(10-16)15(4)19(17,18)13-8-6-11(2)7-9-13/h6-9,12,14,16H,5,10H2,1-4H3/t12?,14-/m1/s1. The van der Waals surface area contributed by atoms with Crippen LogP contribution in [0.5, 0.6) is 0 Å². The van der Waals surface area contributed by atoms with Crippen LogP contribution in [-0.2, 0) is 10.0 Å². The van der Waals surface area contributed by atoms with E-state index in [1.165, 1.54) is 11.4 Å². The number of hydrogen-bond donors (Lipinski definition) is 1. The lowest BCUT2D eigenvalue weighted by atomic mass is 10.0. The Kier molecular flexibility index (Phi) is 5.52. The Hall–Kier alpha value is -0.910. The van der Waals surface area contributed by atoms with Crippen LogP contribution in [0.4, 0.5) is 0 Å². The van der Waals surface area contributed by atoms with E-state index in [1.807, 2.05) is 20.8 Å². The van der Waals surface area contributed by atoms with E-state index in [-0.39, 0.29) is 17.4 Å². The Labute approximate surface area is 116 Å². The molecule has 0 bridgehead atoms. The molecule has 1 rings (SSSR count). The van der Waals surface area contributed by atoms with Gasteiger partial charge in [0.1, 0.15) is 0 Å². The molecule has 0 spiro atoms. The maximum Gasteiger partial charge on any atom is 0.243 e. The third-order valence-electron chi connectivity index (χ3n) is 3.65. The number of likely N-dealkylation sites (N-methyl/N-ethyl adjacent to an activating group) is 1. The zero-order chi connectivity index (χ0) is 14.6. The highest BCUT2D eigenvalue weighted by Gasteiger charge is 2.30.